The van der Waals surface area contributed by atoms with E-state index >= 15 is 0 Å². The van der Waals surface area contributed by atoms with Gasteiger partial charge in [-0.25, -0.2) is 0 Å². The van der Waals surface area contributed by atoms with Crippen molar-refractivity contribution in [1.29, 1.82) is 5.26 Å². The van der Waals surface area contributed by atoms with Crippen molar-refractivity contribution in [3.05, 3.63) is 36.4 Å². The molecule has 1 amide bonds. The molecule has 0 saturated carbocycles. The normalized spacial score (nSPS) is 17.3. The van der Waals surface area contributed by atoms with Crippen molar-refractivity contribution < 1.29 is 9.32 Å². The summed E-state index contributed by atoms with van der Waals surface area (Å²) in [5.74, 6) is 0.239. The molecule has 2 heterocycles. The summed E-state index contributed by atoms with van der Waals surface area (Å²) in [5, 5.41) is 13.1. The lowest BCUT2D eigenvalue weighted by atomic mass is 10.1. The maximum atomic E-state index is 12.5. The van der Waals surface area contributed by atoms with E-state index in [0.717, 1.165) is 12.0 Å². The summed E-state index contributed by atoms with van der Waals surface area (Å²) in [6, 6.07) is 11.0. The summed E-state index contributed by atoms with van der Waals surface area (Å²) < 4.78 is 5.28. The topological polar surface area (TPSA) is 73.4 Å². The molecule has 6 heteroatoms. The van der Waals surface area contributed by atoms with Crippen LogP contribution in [0, 0.1) is 11.5 Å². The standard InChI is InChI=1S/C16H16N4O2/c1-19(16(21)14-8-5-9-20(14)11-17)15-10-13(18-22-15)12-6-3-2-4-7-12/h2-4,6-7,10,14H,5,8-9H2,1H3/t14-/m0/s1. The lowest BCUT2D eigenvalue weighted by molar-refractivity contribution is -0.121. The fraction of sp³-hybridized carbons (Fsp3) is 0.312. The summed E-state index contributed by atoms with van der Waals surface area (Å²) in [7, 11) is 1.64. The lowest BCUT2D eigenvalue weighted by Crippen LogP contribution is -2.42. The Bertz CT molecular complexity index is 704. The number of benzene rings is 1. The Morgan fingerprint density at radius 3 is 2.95 bits per heavy atom. The van der Waals surface area contributed by atoms with Crippen LogP contribution in [0.1, 0.15) is 12.8 Å². The molecule has 1 aliphatic rings. The first kappa shape index (κ1) is 14.1. The highest BCUT2D eigenvalue weighted by molar-refractivity contribution is 5.96. The molecule has 3 rings (SSSR count). The van der Waals surface area contributed by atoms with E-state index in [2.05, 4.69) is 11.3 Å². The Morgan fingerprint density at radius 2 is 2.23 bits per heavy atom. The molecular formula is C16H16N4O2. The van der Waals surface area contributed by atoms with Crippen LogP contribution in [-0.2, 0) is 4.79 Å². The molecule has 1 atom stereocenters. The van der Waals surface area contributed by atoms with Crippen molar-refractivity contribution in [2.75, 3.05) is 18.5 Å². The zero-order valence-corrected chi connectivity index (χ0v) is 12.3. The van der Waals surface area contributed by atoms with Crippen LogP contribution in [0.15, 0.2) is 40.9 Å². The van der Waals surface area contributed by atoms with Crippen molar-refractivity contribution in [3.8, 4) is 17.5 Å². The van der Waals surface area contributed by atoms with Crippen LogP contribution < -0.4 is 4.90 Å². The summed E-state index contributed by atoms with van der Waals surface area (Å²) in [6.07, 6.45) is 3.61. The number of likely N-dealkylation sites (tertiary alicyclic amines) is 1. The highest BCUT2D eigenvalue weighted by Gasteiger charge is 2.33. The molecule has 112 valence electrons. The van der Waals surface area contributed by atoms with E-state index in [0.29, 0.717) is 24.5 Å². The molecule has 1 aliphatic heterocycles. The van der Waals surface area contributed by atoms with Crippen LogP contribution in [-0.4, -0.2) is 35.6 Å². The third kappa shape index (κ3) is 2.53. The molecule has 0 bridgehead atoms. The third-order valence-electron chi connectivity index (χ3n) is 3.89. The molecule has 0 spiro atoms. The van der Waals surface area contributed by atoms with Crippen LogP contribution in [0.5, 0.6) is 0 Å². The van der Waals surface area contributed by atoms with Gasteiger partial charge in [0.25, 0.3) is 5.91 Å². The monoisotopic (exact) mass is 296 g/mol. The van der Waals surface area contributed by atoms with E-state index in [1.165, 1.54) is 9.80 Å². The van der Waals surface area contributed by atoms with Gasteiger partial charge in [-0.15, -0.1) is 0 Å². The SMILES string of the molecule is CN(C(=O)[C@@H]1CCCN1C#N)c1cc(-c2ccccc2)no1. The van der Waals surface area contributed by atoms with Crippen LogP contribution in [0.2, 0.25) is 0 Å². The average molecular weight is 296 g/mol. The van der Waals surface area contributed by atoms with Gasteiger partial charge in [0.2, 0.25) is 5.88 Å². The van der Waals surface area contributed by atoms with Crippen molar-refractivity contribution in [2.45, 2.75) is 18.9 Å². The minimum Gasteiger partial charge on any atom is -0.338 e. The minimum atomic E-state index is -0.403. The van der Waals surface area contributed by atoms with Crippen LogP contribution in [0.25, 0.3) is 11.3 Å². The van der Waals surface area contributed by atoms with Gasteiger partial charge in [0.15, 0.2) is 6.19 Å². The molecule has 2 aromatic rings. The van der Waals surface area contributed by atoms with Gasteiger partial charge in [-0.2, -0.15) is 5.26 Å². The molecule has 1 aromatic carbocycles. The van der Waals surface area contributed by atoms with Gasteiger partial charge in [-0.3, -0.25) is 14.6 Å². The Balaban J connectivity index is 1.78. The molecule has 1 fully saturated rings. The Kier molecular flexibility index (Phi) is 3.79. The molecule has 0 N–H and O–H groups in total. The molecular weight excluding hydrogens is 280 g/mol. The number of nitriles is 1. The minimum absolute atomic E-state index is 0.144. The molecule has 1 aromatic heterocycles. The number of likely N-dealkylation sites (N-methyl/N-ethyl adjacent to an activating group) is 1. The number of rotatable bonds is 3. The number of carbonyl (C=O) groups is 1. The van der Waals surface area contributed by atoms with E-state index in [-0.39, 0.29) is 5.91 Å². The zero-order chi connectivity index (χ0) is 15.5. The highest BCUT2D eigenvalue weighted by atomic mass is 16.5. The first-order chi connectivity index (χ1) is 10.7. The smallest absolute Gasteiger partial charge is 0.252 e. The first-order valence-electron chi connectivity index (χ1n) is 7.17. The Labute approximate surface area is 128 Å². The summed E-state index contributed by atoms with van der Waals surface area (Å²) in [5.41, 5.74) is 1.61. The predicted molar refractivity (Wildman–Crippen MR) is 80.7 cm³/mol. The van der Waals surface area contributed by atoms with Gasteiger partial charge in [0.1, 0.15) is 11.7 Å². The van der Waals surface area contributed by atoms with Gasteiger partial charge in [0, 0.05) is 25.2 Å². The van der Waals surface area contributed by atoms with Crippen LogP contribution >= 0.6 is 0 Å². The zero-order valence-electron chi connectivity index (χ0n) is 12.3. The average Bonchev–Trinajstić information content (AvgIpc) is 3.23. The number of amides is 1. The number of hydrogen-bond acceptors (Lipinski definition) is 5. The predicted octanol–water partition coefficient (Wildman–Crippen LogP) is 2.25. The third-order valence-corrected chi connectivity index (χ3v) is 3.89. The molecule has 1 saturated heterocycles. The second-order valence-electron chi connectivity index (χ2n) is 5.27. The molecule has 22 heavy (non-hydrogen) atoms. The number of carbonyl (C=O) groups excluding carboxylic acids is 1. The maximum Gasteiger partial charge on any atom is 0.252 e. The van der Waals surface area contributed by atoms with Gasteiger partial charge in [-0.1, -0.05) is 35.5 Å². The maximum absolute atomic E-state index is 12.5. The van der Waals surface area contributed by atoms with Gasteiger partial charge >= 0.3 is 0 Å². The van der Waals surface area contributed by atoms with E-state index < -0.39 is 6.04 Å². The second-order valence-corrected chi connectivity index (χ2v) is 5.27. The van der Waals surface area contributed by atoms with Gasteiger partial charge in [0.05, 0.1) is 0 Å². The highest BCUT2D eigenvalue weighted by Crippen LogP contribution is 2.25. The van der Waals surface area contributed by atoms with Crippen LogP contribution in [0.4, 0.5) is 5.88 Å². The number of nitrogens with zero attached hydrogens (tertiary/aromatic N) is 4. The van der Waals surface area contributed by atoms with E-state index in [9.17, 15) is 4.79 Å². The Morgan fingerprint density at radius 1 is 1.45 bits per heavy atom. The van der Waals surface area contributed by atoms with Gasteiger partial charge < -0.3 is 4.52 Å². The number of anilines is 1. The van der Waals surface area contributed by atoms with Crippen molar-refractivity contribution >= 4 is 11.8 Å². The second kappa shape index (κ2) is 5.90. The van der Waals surface area contributed by atoms with E-state index in [4.69, 9.17) is 9.78 Å². The summed E-state index contributed by atoms with van der Waals surface area (Å²) >= 11 is 0. The first-order valence-corrected chi connectivity index (χ1v) is 7.17. The van der Waals surface area contributed by atoms with Crippen molar-refractivity contribution in [2.24, 2.45) is 0 Å². The fourth-order valence-corrected chi connectivity index (χ4v) is 2.64. The van der Waals surface area contributed by atoms with E-state index in [1.807, 2.05) is 30.3 Å². The van der Waals surface area contributed by atoms with Crippen LogP contribution in [0.3, 0.4) is 0 Å². The fourth-order valence-electron chi connectivity index (χ4n) is 2.64. The molecule has 0 unspecified atom stereocenters. The Hall–Kier alpha value is -2.81. The summed E-state index contributed by atoms with van der Waals surface area (Å²) in [6.45, 7) is 0.631. The van der Waals surface area contributed by atoms with Crippen molar-refractivity contribution in [1.82, 2.24) is 10.1 Å². The molecule has 0 radical (unpaired) electrons. The number of aromatic nitrogens is 1. The molecule has 6 nitrogen and oxygen atoms in total. The van der Waals surface area contributed by atoms with E-state index in [1.54, 1.807) is 13.1 Å². The lowest BCUT2D eigenvalue weighted by Gasteiger charge is -2.22. The largest absolute Gasteiger partial charge is 0.338 e. The quantitative estimate of drug-likeness (QED) is 0.812. The van der Waals surface area contributed by atoms with Gasteiger partial charge in [-0.05, 0) is 12.8 Å². The number of hydrogen-bond donors (Lipinski definition) is 0. The summed E-state index contributed by atoms with van der Waals surface area (Å²) in [4.78, 5) is 15.5. The van der Waals surface area contributed by atoms with Crippen molar-refractivity contribution in [3.63, 3.8) is 0 Å². The molecule has 0 aliphatic carbocycles.